The van der Waals surface area contributed by atoms with E-state index in [9.17, 15) is 4.79 Å². The van der Waals surface area contributed by atoms with Gasteiger partial charge < -0.3 is 9.88 Å². The summed E-state index contributed by atoms with van der Waals surface area (Å²) in [4.78, 5) is 20.7. The normalized spacial score (nSPS) is 12.6. The maximum atomic E-state index is 12.2. The monoisotopic (exact) mass is 304 g/mol. The third-order valence-electron chi connectivity index (χ3n) is 3.60. The number of carbonyl (C=O) groups excluding carboxylic acids is 1. The molecule has 2 aromatic heterocycles. The second-order valence-electron chi connectivity index (χ2n) is 5.91. The zero-order chi connectivity index (χ0) is 16.1. The maximum Gasteiger partial charge on any atom is 0.222 e. The molecular formula is C15H24N6O. The molecule has 2 heterocycles. The first-order chi connectivity index (χ1) is 10.5. The number of hydrogen-bond acceptors (Lipinski definition) is 4. The standard InChI is InChI=1S/C15H24N6O/c1-11(2)9-13(15-17-10-18-20(15)4)19-14(22)5-7-21-8-6-16-12(21)3/h6,8,10-11,13H,5,7,9H2,1-4H3,(H,19,22)/t13-/m0/s1. The predicted molar refractivity (Wildman–Crippen MR) is 82.9 cm³/mol. The molecule has 2 rings (SSSR count). The lowest BCUT2D eigenvalue weighted by atomic mass is 10.0. The van der Waals surface area contributed by atoms with E-state index in [4.69, 9.17) is 0 Å². The van der Waals surface area contributed by atoms with Gasteiger partial charge >= 0.3 is 0 Å². The van der Waals surface area contributed by atoms with Crippen molar-refractivity contribution in [3.05, 3.63) is 30.4 Å². The van der Waals surface area contributed by atoms with Crippen LogP contribution in [0, 0.1) is 12.8 Å². The first kappa shape index (κ1) is 16.2. The molecule has 1 atom stereocenters. The van der Waals surface area contributed by atoms with Crippen molar-refractivity contribution in [3.63, 3.8) is 0 Å². The van der Waals surface area contributed by atoms with Gasteiger partial charge in [0.2, 0.25) is 5.91 Å². The van der Waals surface area contributed by atoms with Gasteiger partial charge in [0, 0.05) is 32.4 Å². The number of imidazole rings is 1. The topological polar surface area (TPSA) is 77.6 Å². The second kappa shape index (κ2) is 7.20. The first-order valence-electron chi connectivity index (χ1n) is 7.58. The lowest BCUT2D eigenvalue weighted by molar-refractivity contribution is -0.122. The van der Waals surface area contributed by atoms with Crippen LogP contribution in [0.2, 0.25) is 0 Å². The molecule has 7 heteroatoms. The fourth-order valence-corrected chi connectivity index (χ4v) is 2.45. The minimum Gasteiger partial charge on any atom is -0.346 e. The van der Waals surface area contributed by atoms with E-state index in [1.165, 1.54) is 6.33 Å². The first-order valence-corrected chi connectivity index (χ1v) is 7.58. The smallest absolute Gasteiger partial charge is 0.222 e. The maximum absolute atomic E-state index is 12.2. The summed E-state index contributed by atoms with van der Waals surface area (Å²) in [5.41, 5.74) is 0. The quantitative estimate of drug-likeness (QED) is 0.843. The summed E-state index contributed by atoms with van der Waals surface area (Å²) < 4.78 is 3.69. The van der Waals surface area contributed by atoms with Gasteiger partial charge in [-0.25, -0.2) is 9.97 Å². The SMILES string of the molecule is Cc1nccn1CCC(=O)N[C@@H](CC(C)C)c1ncnn1C. The lowest BCUT2D eigenvalue weighted by Gasteiger charge is -2.20. The van der Waals surface area contributed by atoms with Gasteiger partial charge in [-0.1, -0.05) is 13.8 Å². The van der Waals surface area contributed by atoms with Gasteiger partial charge in [-0.05, 0) is 19.3 Å². The van der Waals surface area contributed by atoms with Crippen LogP contribution in [0.1, 0.15) is 44.4 Å². The number of hydrogen-bond donors (Lipinski definition) is 1. The highest BCUT2D eigenvalue weighted by Crippen LogP contribution is 2.19. The van der Waals surface area contributed by atoms with Crippen molar-refractivity contribution in [2.24, 2.45) is 13.0 Å². The van der Waals surface area contributed by atoms with Crippen molar-refractivity contribution < 1.29 is 4.79 Å². The van der Waals surface area contributed by atoms with Crippen molar-refractivity contribution in [1.29, 1.82) is 0 Å². The molecule has 7 nitrogen and oxygen atoms in total. The Morgan fingerprint density at radius 1 is 1.36 bits per heavy atom. The van der Waals surface area contributed by atoms with Crippen molar-refractivity contribution >= 4 is 5.91 Å². The Morgan fingerprint density at radius 3 is 2.68 bits per heavy atom. The van der Waals surface area contributed by atoms with Crippen LogP contribution in [-0.4, -0.2) is 30.2 Å². The molecule has 0 bridgehead atoms. The molecule has 0 spiro atoms. The summed E-state index contributed by atoms with van der Waals surface area (Å²) >= 11 is 0. The van der Waals surface area contributed by atoms with E-state index < -0.39 is 0 Å². The molecule has 0 aliphatic rings. The van der Waals surface area contributed by atoms with Crippen molar-refractivity contribution in [3.8, 4) is 0 Å². The Bertz CT molecular complexity index is 615. The van der Waals surface area contributed by atoms with Crippen LogP contribution in [0.25, 0.3) is 0 Å². The van der Waals surface area contributed by atoms with Gasteiger partial charge in [-0.3, -0.25) is 9.48 Å². The third kappa shape index (κ3) is 4.16. The molecule has 1 N–H and O–H groups in total. The van der Waals surface area contributed by atoms with Crippen LogP contribution in [0.4, 0.5) is 0 Å². The average molecular weight is 304 g/mol. The van der Waals surface area contributed by atoms with Gasteiger partial charge in [0.05, 0.1) is 6.04 Å². The molecule has 0 radical (unpaired) electrons. The Morgan fingerprint density at radius 2 is 2.14 bits per heavy atom. The molecule has 1 amide bonds. The van der Waals surface area contributed by atoms with E-state index in [1.54, 1.807) is 10.9 Å². The fourth-order valence-electron chi connectivity index (χ4n) is 2.45. The van der Waals surface area contributed by atoms with Crippen LogP contribution in [0.3, 0.4) is 0 Å². The molecule has 22 heavy (non-hydrogen) atoms. The van der Waals surface area contributed by atoms with Gasteiger partial charge in [0.15, 0.2) is 0 Å². The molecule has 120 valence electrons. The average Bonchev–Trinajstić information content (AvgIpc) is 3.04. The molecular weight excluding hydrogens is 280 g/mol. The second-order valence-corrected chi connectivity index (χ2v) is 5.91. The molecule has 0 aliphatic heterocycles. The van der Waals surface area contributed by atoms with Crippen molar-refractivity contribution in [1.82, 2.24) is 29.6 Å². The van der Waals surface area contributed by atoms with Crippen LogP contribution >= 0.6 is 0 Å². The highest BCUT2D eigenvalue weighted by atomic mass is 16.1. The number of nitrogens with zero attached hydrogens (tertiary/aromatic N) is 5. The number of nitrogens with one attached hydrogen (secondary N) is 1. The predicted octanol–water partition coefficient (Wildman–Crippen LogP) is 1.61. The number of carbonyl (C=O) groups is 1. The summed E-state index contributed by atoms with van der Waals surface area (Å²) in [6.45, 7) is 6.82. The number of aryl methyl sites for hydroxylation is 3. The summed E-state index contributed by atoms with van der Waals surface area (Å²) in [7, 11) is 1.84. The van der Waals surface area contributed by atoms with Crippen molar-refractivity contribution in [2.45, 2.75) is 46.2 Å². The highest BCUT2D eigenvalue weighted by Gasteiger charge is 2.20. The molecule has 0 aliphatic carbocycles. The zero-order valence-electron chi connectivity index (χ0n) is 13.7. The Balaban J connectivity index is 1.96. The van der Waals surface area contributed by atoms with E-state index in [2.05, 4.69) is 34.2 Å². The van der Waals surface area contributed by atoms with Crippen LogP contribution < -0.4 is 5.32 Å². The van der Waals surface area contributed by atoms with E-state index in [0.717, 1.165) is 18.1 Å². The molecule has 0 saturated carbocycles. The summed E-state index contributed by atoms with van der Waals surface area (Å²) in [6.07, 6.45) is 6.40. The van der Waals surface area contributed by atoms with E-state index in [0.29, 0.717) is 18.9 Å². The summed E-state index contributed by atoms with van der Waals surface area (Å²) in [5, 5.41) is 7.17. The minimum absolute atomic E-state index is 0.0155. The fraction of sp³-hybridized carbons (Fsp3) is 0.600. The minimum atomic E-state index is -0.108. The van der Waals surface area contributed by atoms with E-state index in [1.807, 2.05) is 24.7 Å². The lowest BCUT2D eigenvalue weighted by Crippen LogP contribution is -2.32. The number of amides is 1. The van der Waals surface area contributed by atoms with E-state index >= 15 is 0 Å². The number of aromatic nitrogens is 5. The molecule has 2 aromatic rings. The summed E-state index contributed by atoms with van der Waals surface area (Å²) in [5.74, 6) is 2.18. The third-order valence-corrected chi connectivity index (χ3v) is 3.60. The van der Waals surface area contributed by atoms with Gasteiger partial charge in [-0.15, -0.1) is 0 Å². The van der Waals surface area contributed by atoms with Gasteiger partial charge in [0.1, 0.15) is 18.0 Å². The van der Waals surface area contributed by atoms with Gasteiger partial charge in [-0.2, -0.15) is 5.10 Å². The van der Waals surface area contributed by atoms with E-state index in [-0.39, 0.29) is 11.9 Å². The molecule has 0 unspecified atom stereocenters. The molecule has 0 saturated heterocycles. The number of rotatable bonds is 7. The highest BCUT2D eigenvalue weighted by molar-refractivity contribution is 5.76. The van der Waals surface area contributed by atoms with Crippen LogP contribution in [-0.2, 0) is 18.4 Å². The zero-order valence-corrected chi connectivity index (χ0v) is 13.7. The molecule has 0 aromatic carbocycles. The Kier molecular flexibility index (Phi) is 5.30. The van der Waals surface area contributed by atoms with Crippen molar-refractivity contribution in [2.75, 3.05) is 0 Å². The Labute approximate surface area is 130 Å². The van der Waals surface area contributed by atoms with Crippen LogP contribution in [0.5, 0.6) is 0 Å². The van der Waals surface area contributed by atoms with Gasteiger partial charge in [0.25, 0.3) is 0 Å². The molecule has 0 fully saturated rings. The Hall–Kier alpha value is -2.18. The van der Waals surface area contributed by atoms with Crippen LogP contribution in [0.15, 0.2) is 18.7 Å². The largest absolute Gasteiger partial charge is 0.346 e. The summed E-state index contributed by atoms with van der Waals surface area (Å²) in [6, 6.07) is -0.108.